The summed E-state index contributed by atoms with van der Waals surface area (Å²) in [6.45, 7) is 6.98. The summed E-state index contributed by atoms with van der Waals surface area (Å²) in [5.74, 6) is 0.755. The Bertz CT molecular complexity index is 749. The van der Waals surface area contributed by atoms with Crippen LogP contribution in [-0.4, -0.2) is 38.3 Å². The van der Waals surface area contributed by atoms with E-state index in [1.54, 1.807) is 0 Å². The number of likely N-dealkylation sites (N-methyl/N-ethyl adjacent to an activating group) is 1. The second-order valence-corrected chi connectivity index (χ2v) is 7.91. The lowest BCUT2D eigenvalue weighted by Crippen LogP contribution is -2.43. The number of hydrogen-bond acceptors (Lipinski definition) is 3. The topological polar surface area (TPSA) is 39.4 Å². The smallest absolute Gasteiger partial charge is 0.336 e. The highest BCUT2D eigenvalue weighted by atomic mass is 16.5. The van der Waals surface area contributed by atoms with E-state index >= 15 is 0 Å². The first-order chi connectivity index (χ1) is 12.4. The van der Waals surface area contributed by atoms with Crippen LogP contribution in [0.5, 0.6) is 5.75 Å². The van der Waals surface area contributed by atoms with Gasteiger partial charge in [-0.1, -0.05) is 32.6 Å². The molecule has 2 rings (SSSR count). The quantitative estimate of drug-likeness (QED) is 0.324. The molecule has 0 amide bonds. The van der Waals surface area contributed by atoms with Crippen molar-refractivity contribution in [2.75, 3.05) is 33.8 Å². The van der Waals surface area contributed by atoms with E-state index in [0.717, 1.165) is 27.7 Å². The number of aryl methyl sites for hydroxylation is 1. The molecule has 144 valence electrons. The summed E-state index contributed by atoms with van der Waals surface area (Å²) in [6.07, 6.45) is 7.98. The largest absolute Gasteiger partial charge is 0.488 e. The van der Waals surface area contributed by atoms with Crippen LogP contribution in [0.1, 0.15) is 51.0 Å². The van der Waals surface area contributed by atoms with E-state index in [4.69, 9.17) is 9.15 Å². The lowest BCUT2D eigenvalue weighted by Gasteiger charge is -2.29. The molecule has 0 radical (unpaired) electrons. The van der Waals surface area contributed by atoms with Crippen molar-refractivity contribution in [1.29, 1.82) is 0 Å². The molecular weight excluding hydrogens is 326 g/mol. The molecule has 0 unspecified atom stereocenters. The molecule has 0 atom stereocenters. The van der Waals surface area contributed by atoms with Gasteiger partial charge in [-0.2, -0.15) is 0 Å². The molecule has 0 aliphatic rings. The first-order valence-electron chi connectivity index (χ1n) is 9.90. The predicted molar refractivity (Wildman–Crippen MR) is 108 cm³/mol. The minimum absolute atomic E-state index is 0.316. The summed E-state index contributed by atoms with van der Waals surface area (Å²) < 4.78 is 12.2. The van der Waals surface area contributed by atoms with Crippen LogP contribution in [0.2, 0.25) is 0 Å². The van der Waals surface area contributed by atoms with Gasteiger partial charge in [0.15, 0.2) is 0 Å². The molecule has 4 heteroatoms. The van der Waals surface area contributed by atoms with Gasteiger partial charge in [-0.3, -0.25) is 0 Å². The lowest BCUT2D eigenvalue weighted by atomic mass is 10.1. The number of hydrogen-bond donors (Lipinski definition) is 0. The highest BCUT2D eigenvalue weighted by Gasteiger charge is 2.14. The molecule has 1 aromatic carbocycles. The van der Waals surface area contributed by atoms with E-state index in [2.05, 4.69) is 21.0 Å². The zero-order valence-corrected chi connectivity index (χ0v) is 16.8. The number of ether oxygens (including phenoxy) is 1. The van der Waals surface area contributed by atoms with Crippen LogP contribution in [0.25, 0.3) is 11.0 Å². The van der Waals surface area contributed by atoms with Gasteiger partial charge in [0.1, 0.15) is 24.5 Å². The normalized spacial score (nSPS) is 11.8. The molecule has 0 aliphatic heterocycles. The summed E-state index contributed by atoms with van der Waals surface area (Å²) >= 11 is 0. The zero-order valence-electron chi connectivity index (χ0n) is 16.8. The Morgan fingerprint density at radius 1 is 1.00 bits per heavy atom. The van der Waals surface area contributed by atoms with Crippen molar-refractivity contribution in [2.45, 2.75) is 52.4 Å². The van der Waals surface area contributed by atoms with Crippen molar-refractivity contribution in [3.63, 3.8) is 0 Å². The second kappa shape index (κ2) is 9.77. The third kappa shape index (κ3) is 6.49. The average Bonchev–Trinajstić information content (AvgIpc) is 2.57. The first kappa shape index (κ1) is 20.5. The molecule has 26 heavy (non-hydrogen) atoms. The molecule has 0 N–H and O–H groups in total. The van der Waals surface area contributed by atoms with Crippen LogP contribution in [0.15, 0.2) is 33.5 Å². The molecule has 4 nitrogen and oxygen atoms in total. The maximum Gasteiger partial charge on any atom is 0.336 e. The fraction of sp³-hybridized carbons (Fsp3) is 0.591. The van der Waals surface area contributed by atoms with Crippen molar-refractivity contribution in [3.05, 3.63) is 40.2 Å². The third-order valence-electron chi connectivity index (χ3n) is 5.01. The Balaban J connectivity index is 1.79. The fourth-order valence-electron chi connectivity index (χ4n) is 3.24. The second-order valence-electron chi connectivity index (χ2n) is 7.91. The summed E-state index contributed by atoms with van der Waals surface area (Å²) in [4.78, 5) is 11.5. The molecule has 0 saturated heterocycles. The molecule has 0 fully saturated rings. The van der Waals surface area contributed by atoms with Gasteiger partial charge < -0.3 is 13.6 Å². The van der Waals surface area contributed by atoms with E-state index in [0.29, 0.717) is 12.2 Å². The van der Waals surface area contributed by atoms with Gasteiger partial charge in [0.2, 0.25) is 0 Å². The summed E-state index contributed by atoms with van der Waals surface area (Å²) in [5.41, 5.74) is 1.21. The number of unbranched alkanes of at least 4 members (excludes halogenated alkanes) is 5. The van der Waals surface area contributed by atoms with Crippen LogP contribution < -0.4 is 10.4 Å². The van der Waals surface area contributed by atoms with E-state index in [9.17, 15) is 4.79 Å². The fourth-order valence-corrected chi connectivity index (χ4v) is 3.24. The average molecular weight is 361 g/mol. The number of nitrogens with zero attached hydrogens (tertiary/aromatic N) is 1. The first-order valence-corrected chi connectivity index (χ1v) is 9.90. The summed E-state index contributed by atoms with van der Waals surface area (Å²) in [7, 11) is 4.52. The van der Waals surface area contributed by atoms with Gasteiger partial charge in [0.25, 0.3) is 0 Å². The number of rotatable bonds is 11. The Morgan fingerprint density at radius 3 is 2.50 bits per heavy atom. The van der Waals surface area contributed by atoms with Crippen LogP contribution >= 0.6 is 0 Å². The van der Waals surface area contributed by atoms with Crippen molar-refractivity contribution in [1.82, 2.24) is 0 Å². The van der Waals surface area contributed by atoms with Crippen molar-refractivity contribution >= 4 is 11.0 Å². The van der Waals surface area contributed by atoms with E-state index in [-0.39, 0.29) is 5.63 Å². The minimum Gasteiger partial charge on any atom is -0.488 e. The summed E-state index contributed by atoms with van der Waals surface area (Å²) in [6, 6.07) is 7.24. The maximum absolute atomic E-state index is 11.5. The minimum atomic E-state index is -0.316. The Labute approximate surface area is 157 Å². The van der Waals surface area contributed by atoms with E-state index in [1.807, 2.05) is 25.1 Å². The van der Waals surface area contributed by atoms with E-state index in [1.165, 1.54) is 51.1 Å². The van der Waals surface area contributed by atoms with Gasteiger partial charge in [0, 0.05) is 17.5 Å². The molecule has 0 bridgehead atoms. The standard InChI is InChI=1S/C22H34NO3/c1-5-6-7-8-9-10-13-23(3,4)14-15-25-19-11-12-20-18(2)16-22(24)26-21(20)17-19/h11-12,16-17H,5-10,13-15H2,1-4H3/q+1. The zero-order chi connectivity index (χ0) is 19.0. The van der Waals surface area contributed by atoms with Crippen LogP contribution in [0.3, 0.4) is 0 Å². The monoisotopic (exact) mass is 360 g/mol. The molecule has 1 heterocycles. The van der Waals surface area contributed by atoms with Crippen molar-refractivity contribution < 1.29 is 13.6 Å². The number of fused-ring (bicyclic) bond motifs is 1. The van der Waals surface area contributed by atoms with Crippen LogP contribution in [0.4, 0.5) is 0 Å². The van der Waals surface area contributed by atoms with Gasteiger partial charge in [-0.25, -0.2) is 4.79 Å². The number of quaternary nitrogens is 1. The molecule has 1 aromatic heterocycles. The number of benzene rings is 1. The summed E-state index contributed by atoms with van der Waals surface area (Å²) in [5, 5.41) is 0.955. The van der Waals surface area contributed by atoms with Crippen LogP contribution in [0, 0.1) is 6.92 Å². The van der Waals surface area contributed by atoms with Gasteiger partial charge in [-0.15, -0.1) is 0 Å². The SMILES string of the molecule is CCCCCCCC[N+](C)(C)CCOc1ccc2c(C)cc(=O)oc2c1. The third-order valence-corrected chi connectivity index (χ3v) is 5.01. The molecule has 0 saturated carbocycles. The maximum atomic E-state index is 11.5. The predicted octanol–water partition coefficient (Wildman–Crippen LogP) is 4.92. The Morgan fingerprint density at radius 2 is 1.73 bits per heavy atom. The molecule has 0 aliphatic carbocycles. The van der Waals surface area contributed by atoms with E-state index < -0.39 is 0 Å². The van der Waals surface area contributed by atoms with Crippen molar-refractivity contribution in [3.8, 4) is 5.75 Å². The highest BCUT2D eigenvalue weighted by Crippen LogP contribution is 2.22. The molecular formula is C22H34NO3+. The lowest BCUT2D eigenvalue weighted by molar-refractivity contribution is -0.890. The van der Waals surface area contributed by atoms with Crippen LogP contribution in [-0.2, 0) is 0 Å². The van der Waals surface area contributed by atoms with Gasteiger partial charge in [0.05, 0.1) is 20.6 Å². The Kier molecular flexibility index (Phi) is 7.70. The van der Waals surface area contributed by atoms with Gasteiger partial charge >= 0.3 is 5.63 Å². The highest BCUT2D eigenvalue weighted by molar-refractivity contribution is 5.81. The Hall–Kier alpha value is -1.81. The molecule has 2 aromatic rings. The van der Waals surface area contributed by atoms with Crippen molar-refractivity contribution in [2.24, 2.45) is 0 Å². The van der Waals surface area contributed by atoms with Gasteiger partial charge in [-0.05, 0) is 37.5 Å². The molecule has 0 spiro atoms.